The van der Waals surface area contributed by atoms with Gasteiger partial charge in [0.25, 0.3) is 6.71 Å². The number of hydrogen-bond acceptors (Lipinski definition) is 6. The molecule has 0 saturated heterocycles. The molecule has 2 aliphatic heterocycles. The van der Waals surface area contributed by atoms with Gasteiger partial charge in [-0.1, -0.05) is 230 Å². The van der Waals surface area contributed by atoms with E-state index in [9.17, 15) is 0 Å². The fraction of sp³-hybridized carbons (Fsp3) is 0.0870. The Morgan fingerprint density at radius 3 is 1.51 bits per heavy atom. The Hall–Kier alpha value is -11.6. The molecule has 0 unspecified atom stereocenters. The van der Waals surface area contributed by atoms with Gasteiger partial charge in [0.05, 0.1) is 17.1 Å². The lowest BCUT2D eigenvalue weighted by Crippen LogP contribution is -2.61. The van der Waals surface area contributed by atoms with E-state index in [0.717, 1.165) is 84.5 Å². The van der Waals surface area contributed by atoms with Crippen molar-refractivity contribution in [2.24, 2.45) is 0 Å². The largest absolute Gasteiger partial charge is 0.454 e. The predicted molar refractivity (Wildman–Crippen MR) is 426 cm³/mol. The minimum Gasteiger partial charge on any atom is -0.454 e. The van der Waals surface area contributed by atoms with Crippen molar-refractivity contribution in [3.05, 3.63) is 308 Å². The molecule has 0 fully saturated rings. The zero-order chi connectivity index (χ0) is 66.2. The number of thiophene rings is 1. The number of benzene rings is 16. The summed E-state index contributed by atoms with van der Waals surface area (Å²) in [5.74, 6) is 0. The molecule has 20 rings (SSSR count). The van der Waals surface area contributed by atoms with Gasteiger partial charge in [-0.05, 0) is 207 Å². The number of rotatable bonds is 8. The molecule has 0 N–H and O–H groups in total. The van der Waals surface area contributed by atoms with Crippen LogP contribution in [-0.2, 0) is 10.8 Å². The van der Waals surface area contributed by atoms with E-state index in [4.69, 9.17) is 4.42 Å². The maximum Gasteiger partial charge on any atom is 0.253 e. The van der Waals surface area contributed by atoms with Gasteiger partial charge in [-0.15, -0.1) is 11.3 Å². The summed E-state index contributed by atoms with van der Waals surface area (Å²) in [7, 11) is 0. The number of fused-ring (bicyclic) bond motifs is 13. The van der Waals surface area contributed by atoms with Crippen LogP contribution in [0, 0.1) is 0 Å². The van der Waals surface area contributed by atoms with Crippen LogP contribution in [0.15, 0.2) is 302 Å². The van der Waals surface area contributed by atoms with Crippen LogP contribution in [0.4, 0.5) is 68.2 Å². The van der Waals surface area contributed by atoms with Crippen LogP contribution in [0.1, 0.15) is 52.7 Å². The maximum absolute atomic E-state index is 7.15. The summed E-state index contributed by atoms with van der Waals surface area (Å²) in [5, 5.41) is 16.9. The van der Waals surface area contributed by atoms with Crippen molar-refractivity contribution >= 4 is 199 Å². The lowest BCUT2D eigenvalue weighted by molar-refractivity contribution is 0.590. The first-order valence-electron chi connectivity index (χ1n) is 34.6. The van der Waals surface area contributed by atoms with Crippen molar-refractivity contribution in [2.45, 2.75) is 52.4 Å². The minimum absolute atomic E-state index is 0.0514. The van der Waals surface area contributed by atoms with E-state index >= 15 is 0 Å². The molecule has 0 saturated carbocycles. The molecule has 0 amide bonds. The van der Waals surface area contributed by atoms with E-state index in [1.807, 2.05) is 11.3 Å². The second-order valence-electron chi connectivity index (χ2n) is 29.2. The highest BCUT2D eigenvalue weighted by Crippen LogP contribution is 2.54. The summed E-state index contributed by atoms with van der Waals surface area (Å²) >= 11 is 1.89. The van der Waals surface area contributed by atoms with Crippen LogP contribution in [0.3, 0.4) is 0 Å². The standard InChI is InChI=1S/C92H67BN4OS/c1-91(2,3)63-35-41-65(42-36-63)95-77-49-50-84-87(74-24-12-14-28-83(74)99-84)89(77)93-75-47-45-69(97(78-26-16-25-72-71-23-11-13-27-82(71)98-90(72)78)76-48-34-60-30-29-58-21-15-22-59-33-46-73(76)86(60)85(58)59)53-79(75)96(66-43-37-64(38-44-66)92(4,5)6)81-55-70(54-80(95)88(81)93)94(67-39-31-56-17-7-9-19-61(56)51-67)68-40-32-57-18-8-10-20-62(57)52-68/h7-55H,1-6H3. The number of nitrogens with zero attached hydrogens (tertiary/aromatic N) is 4. The average Bonchev–Trinajstić information content (AvgIpc) is 1.55. The molecule has 0 atom stereocenters. The molecule has 16 aromatic carbocycles. The van der Waals surface area contributed by atoms with E-state index in [0.29, 0.717) is 0 Å². The van der Waals surface area contributed by atoms with E-state index in [1.165, 1.54) is 107 Å². The normalized spacial score (nSPS) is 13.1. The number of furan rings is 1. The predicted octanol–water partition coefficient (Wildman–Crippen LogP) is 24.8. The fourth-order valence-corrected chi connectivity index (χ4v) is 17.8. The Kier molecular flexibility index (Phi) is 12.5. The van der Waals surface area contributed by atoms with Gasteiger partial charge >= 0.3 is 0 Å². The summed E-state index contributed by atoms with van der Waals surface area (Å²) < 4.78 is 9.70. The second-order valence-corrected chi connectivity index (χ2v) is 30.3. The highest BCUT2D eigenvalue weighted by molar-refractivity contribution is 7.26. The Morgan fingerprint density at radius 1 is 0.323 bits per heavy atom. The molecule has 0 bridgehead atoms. The van der Waals surface area contributed by atoms with Crippen molar-refractivity contribution in [1.29, 1.82) is 0 Å². The van der Waals surface area contributed by atoms with Gasteiger partial charge in [0.1, 0.15) is 5.58 Å². The maximum atomic E-state index is 7.15. The third-order valence-electron chi connectivity index (χ3n) is 21.4. The number of hydrogen-bond donors (Lipinski definition) is 0. The van der Waals surface area contributed by atoms with Crippen molar-refractivity contribution in [3.8, 4) is 0 Å². The SMILES string of the molecule is CC(C)(C)c1ccc(N2c3cc(N(c4ccc5ccc6cccc7ccc4c5c67)c4cccc5c4oc4ccccc45)ccc3B3c4c2cc(N(c2ccc5ccccc5c2)c2ccc5ccccc5c2)cc4N(c2ccc(C(C)(C)C)cc2)c2ccc4sc5ccccc5c4c23)cc1. The van der Waals surface area contributed by atoms with E-state index in [-0.39, 0.29) is 17.5 Å². The Labute approximate surface area is 579 Å². The lowest BCUT2D eigenvalue weighted by Gasteiger charge is -2.45. The van der Waals surface area contributed by atoms with Gasteiger partial charge in [-0.25, -0.2) is 0 Å². The first-order chi connectivity index (χ1) is 48.3. The first kappa shape index (κ1) is 57.6. The fourth-order valence-electron chi connectivity index (χ4n) is 16.6. The monoisotopic (exact) mass is 1290 g/mol. The molecular weight excluding hydrogens is 1220 g/mol. The van der Waals surface area contributed by atoms with Gasteiger partial charge in [0.15, 0.2) is 5.58 Å². The molecule has 2 aliphatic rings. The smallest absolute Gasteiger partial charge is 0.253 e. The summed E-state index contributed by atoms with van der Waals surface area (Å²) in [6, 6.07) is 112. The zero-order valence-electron chi connectivity index (χ0n) is 56.0. The Balaban J connectivity index is 0.928. The highest BCUT2D eigenvalue weighted by atomic mass is 32.1. The van der Waals surface area contributed by atoms with E-state index < -0.39 is 0 Å². The van der Waals surface area contributed by atoms with Crippen LogP contribution in [0.25, 0.3) is 96.0 Å². The summed E-state index contributed by atoms with van der Waals surface area (Å²) in [4.78, 5) is 10.2. The van der Waals surface area contributed by atoms with Gasteiger partial charge in [-0.3, -0.25) is 0 Å². The molecular formula is C92H67BN4OS. The van der Waals surface area contributed by atoms with Crippen LogP contribution in [0.5, 0.6) is 0 Å². The van der Waals surface area contributed by atoms with Crippen molar-refractivity contribution in [2.75, 3.05) is 19.6 Å². The van der Waals surface area contributed by atoms with Crippen LogP contribution < -0.4 is 36.0 Å². The lowest BCUT2D eigenvalue weighted by atomic mass is 9.33. The van der Waals surface area contributed by atoms with Crippen LogP contribution in [-0.4, -0.2) is 6.71 Å². The molecule has 0 spiro atoms. The van der Waals surface area contributed by atoms with Crippen molar-refractivity contribution in [3.63, 3.8) is 0 Å². The van der Waals surface area contributed by atoms with Gasteiger partial charge in [0.2, 0.25) is 0 Å². The molecule has 2 aromatic heterocycles. The van der Waals surface area contributed by atoms with Crippen molar-refractivity contribution in [1.82, 2.24) is 0 Å². The van der Waals surface area contributed by atoms with Gasteiger partial charge < -0.3 is 24.0 Å². The van der Waals surface area contributed by atoms with E-state index in [2.05, 4.69) is 358 Å². The second kappa shape index (κ2) is 21.4. The summed E-state index contributed by atoms with van der Waals surface area (Å²) in [5.41, 5.74) is 20.8. The molecule has 470 valence electrons. The third kappa shape index (κ3) is 8.86. The molecule has 0 aliphatic carbocycles. The topological polar surface area (TPSA) is 26.1 Å². The Morgan fingerprint density at radius 2 is 0.838 bits per heavy atom. The van der Waals surface area contributed by atoms with Crippen LogP contribution in [0.2, 0.25) is 0 Å². The van der Waals surface area contributed by atoms with Gasteiger partial charge in [-0.2, -0.15) is 0 Å². The molecule has 18 aromatic rings. The molecule has 0 radical (unpaired) electrons. The summed E-state index contributed by atoms with van der Waals surface area (Å²) in [6.45, 7) is 13.6. The average molecular weight is 1290 g/mol. The summed E-state index contributed by atoms with van der Waals surface area (Å²) in [6.07, 6.45) is 0. The molecule has 5 nitrogen and oxygen atoms in total. The Bertz CT molecular complexity index is 6280. The number of anilines is 12. The molecule has 99 heavy (non-hydrogen) atoms. The van der Waals surface area contributed by atoms with E-state index in [1.54, 1.807) is 0 Å². The first-order valence-corrected chi connectivity index (χ1v) is 35.4. The zero-order valence-corrected chi connectivity index (χ0v) is 56.8. The quantitative estimate of drug-likeness (QED) is 0.112. The van der Waals surface area contributed by atoms with Gasteiger partial charge in [0, 0.05) is 76.7 Å². The molecule has 7 heteroatoms. The van der Waals surface area contributed by atoms with Crippen molar-refractivity contribution < 1.29 is 4.42 Å². The van der Waals surface area contributed by atoms with Crippen LogP contribution >= 0.6 is 11.3 Å². The molecule has 4 heterocycles. The minimum atomic E-state index is -0.225. The number of para-hydroxylation sites is 2. The third-order valence-corrected chi connectivity index (χ3v) is 22.5. The highest BCUT2D eigenvalue weighted by Gasteiger charge is 2.46.